The summed E-state index contributed by atoms with van der Waals surface area (Å²) in [5, 5.41) is 0. The van der Waals surface area contributed by atoms with Gasteiger partial charge in [0.05, 0.1) is 6.61 Å². The third kappa shape index (κ3) is 3.73. The van der Waals surface area contributed by atoms with E-state index in [1.54, 1.807) is 6.08 Å². The molecule has 2 heteroatoms. The number of ketones is 1. The van der Waals surface area contributed by atoms with Crippen LogP contribution in [-0.4, -0.2) is 12.4 Å². The van der Waals surface area contributed by atoms with Crippen LogP contribution in [0.4, 0.5) is 0 Å². The number of carbonyl (C=O) groups excluding carboxylic acids is 1. The van der Waals surface area contributed by atoms with Crippen LogP contribution in [0, 0.1) is 5.41 Å². The number of carbonyl (C=O) groups is 1. The fourth-order valence-electron chi connectivity index (χ4n) is 2.32. The van der Waals surface area contributed by atoms with Gasteiger partial charge in [-0.25, -0.2) is 0 Å². The van der Waals surface area contributed by atoms with Crippen molar-refractivity contribution in [1.82, 2.24) is 0 Å². The predicted molar refractivity (Wildman–Crippen MR) is 72.2 cm³/mol. The van der Waals surface area contributed by atoms with Crippen LogP contribution >= 0.6 is 0 Å². The van der Waals surface area contributed by atoms with Gasteiger partial charge in [0.2, 0.25) is 0 Å². The first-order chi connectivity index (χ1) is 8.55. The van der Waals surface area contributed by atoms with E-state index in [4.69, 9.17) is 4.74 Å². The van der Waals surface area contributed by atoms with Gasteiger partial charge >= 0.3 is 0 Å². The minimum atomic E-state index is 0.0356. The monoisotopic (exact) mass is 244 g/mol. The molecule has 2 rings (SSSR count). The van der Waals surface area contributed by atoms with E-state index >= 15 is 0 Å². The minimum Gasteiger partial charge on any atom is -0.497 e. The van der Waals surface area contributed by atoms with Gasteiger partial charge in [0, 0.05) is 25.3 Å². The van der Waals surface area contributed by atoms with Gasteiger partial charge in [-0.1, -0.05) is 44.2 Å². The summed E-state index contributed by atoms with van der Waals surface area (Å²) >= 11 is 0. The fourth-order valence-corrected chi connectivity index (χ4v) is 2.32. The molecular formula is C16H20O2. The molecule has 0 bridgehead atoms. The van der Waals surface area contributed by atoms with E-state index in [0.29, 0.717) is 13.0 Å². The molecule has 0 heterocycles. The Balaban J connectivity index is 1.85. The molecule has 0 aromatic heterocycles. The molecular weight excluding hydrogens is 224 g/mol. The fraction of sp³-hybridized carbons (Fsp3) is 0.438. The van der Waals surface area contributed by atoms with Gasteiger partial charge < -0.3 is 4.74 Å². The van der Waals surface area contributed by atoms with Crippen molar-refractivity contribution in [3.05, 3.63) is 47.7 Å². The third-order valence-corrected chi connectivity index (χ3v) is 3.15. The van der Waals surface area contributed by atoms with Crippen molar-refractivity contribution in [3.8, 4) is 0 Å². The van der Waals surface area contributed by atoms with Gasteiger partial charge in [0.25, 0.3) is 0 Å². The van der Waals surface area contributed by atoms with Gasteiger partial charge in [0.1, 0.15) is 5.76 Å². The van der Waals surface area contributed by atoms with Crippen LogP contribution < -0.4 is 0 Å². The van der Waals surface area contributed by atoms with Crippen molar-refractivity contribution < 1.29 is 9.53 Å². The Kier molecular flexibility index (Phi) is 3.85. The summed E-state index contributed by atoms with van der Waals surface area (Å²) < 4.78 is 5.73. The van der Waals surface area contributed by atoms with E-state index in [0.717, 1.165) is 18.6 Å². The molecule has 2 nitrogen and oxygen atoms in total. The van der Waals surface area contributed by atoms with Crippen molar-refractivity contribution in [2.24, 2.45) is 5.41 Å². The van der Waals surface area contributed by atoms with Crippen LogP contribution in [0.5, 0.6) is 0 Å². The summed E-state index contributed by atoms with van der Waals surface area (Å²) in [6.45, 7) is 4.86. The van der Waals surface area contributed by atoms with Gasteiger partial charge in [-0.2, -0.15) is 0 Å². The van der Waals surface area contributed by atoms with E-state index in [1.165, 1.54) is 5.56 Å². The van der Waals surface area contributed by atoms with Crippen LogP contribution in [-0.2, 0) is 16.0 Å². The molecule has 18 heavy (non-hydrogen) atoms. The molecule has 0 spiro atoms. The van der Waals surface area contributed by atoms with E-state index in [-0.39, 0.29) is 11.2 Å². The van der Waals surface area contributed by atoms with Crippen molar-refractivity contribution in [3.63, 3.8) is 0 Å². The molecule has 0 atom stereocenters. The summed E-state index contributed by atoms with van der Waals surface area (Å²) in [4.78, 5) is 11.6. The Hall–Kier alpha value is -1.57. The number of allylic oxidation sites excluding steroid dienone is 2. The topological polar surface area (TPSA) is 26.3 Å². The second-order valence-electron chi connectivity index (χ2n) is 5.68. The molecule has 1 aliphatic rings. The van der Waals surface area contributed by atoms with Crippen molar-refractivity contribution in [2.75, 3.05) is 6.61 Å². The molecule has 96 valence electrons. The first-order valence-electron chi connectivity index (χ1n) is 6.45. The van der Waals surface area contributed by atoms with E-state index < -0.39 is 0 Å². The molecule has 0 unspecified atom stereocenters. The third-order valence-electron chi connectivity index (χ3n) is 3.15. The zero-order chi connectivity index (χ0) is 13.0. The Morgan fingerprint density at radius 1 is 1.17 bits per heavy atom. The van der Waals surface area contributed by atoms with Crippen LogP contribution in [0.1, 0.15) is 32.3 Å². The first kappa shape index (κ1) is 12.9. The molecule has 0 amide bonds. The van der Waals surface area contributed by atoms with Crippen LogP contribution in [0.3, 0.4) is 0 Å². The lowest BCUT2D eigenvalue weighted by molar-refractivity contribution is -0.117. The molecule has 0 radical (unpaired) electrons. The summed E-state index contributed by atoms with van der Waals surface area (Å²) in [6.07, 6.45) is 4.02. The standard InChI is InChI=1S/C16H20O2/c1-16(2)11-14(17)10-15(12-16)18-9-8-13-6-4-3-5-7-13/h3-7,10H,8-9,11-12H2,1-2H3. The van der Waals surface area contributed by atoms with Crippen LogP contribution in [0.15, 0.2) is 42.2 Å². The molecule has 1 aliphatic carbocycles. The molecule has 0 aliphatic heterocycles. The van der Waals surface area contributed by atoms with E-state index in [2.05, 4.69) is 26.0 Å². The Morgan fingerprint density at radius 2 is 1.89 bits per heavy atom. The molecule has 0 fully saturated rings. The zero-order valence-electron chi connectivity index (χ0n) is 11.1. The summed E-state index contributed by atoms with van der Waals surface area (Å²) in [6, 6.07) is 10.3. The highest BCUT2D eigenvalue weighted by atomic mass is 16.5. The predicted octanol–water partition coefficient (Wildman–Crippen LogP) is 3.52. The zero-order valence-corrected chi connectivity index (χ0v) is 11.1. The highest BCUT2D eigenvalue weighted by molar-refractivity contribution is 5.91. The largest absolute Gasteiger partial charge is 0.497 e. The summed E-state index contributed by atoms with van der Waals surface area (Å²) in [5.74, 6) is 1.02. The van der Waals surface area contributed by atoms with Crippen molar-refractivity contribution in [2.45, 2.75) is 33.1 Å². The Morgan fingerprint density at radius 3 is 2.56 bits per heavy atom. The average molecular weight is 244 g/mol. The molecule has 0 saturated carbocycles. The number of hydrogen-bond donors (Lipinski definition) is 0. The smallest absolute Gasteiger partial charge is 0.159 e. The van der Waals surface area contributed by atoms with Crippen molar-refractivity contribution >= 4 is 5.78 Å². The SMILES string of the molecule is CC1(C)CC(=O)C=C(OCCc2ccccc2)C1. The quantitative estimate of drug-likeness (QED) is 0.810. The Bertz CT molecular complexity index is 443. The number of hydrogen-bond acceptors (Lipinski definition) is 2. The minimum absolute atomic E-state index is 0.0356. The average Bonchev–Trinajstić information content (AvgIpc) is 2.27. The van der Waals surface area contributed by atoms with Crippen LogP contribution in [0.25, 0.3) is 0 Å². The number of ether oxygens (including phenoxy) is 1. The maximum absolute atomic E-state index is 11.6. The van der Waals surface area contributed by atoms with Crippen LogP contribution in [0.2, 0.25) is 0 Å². The summed E-state index contributed by atoms with van der Waals surface area (Å²) in [7, 11) is 0. The molecule has 1 aromatic rings. The second-order valence-corrected chi connectivity index (χ2v) is 5.68. The highest BCUT2D eigenvalue weighted by Crippen LogP contribution is 2.33. The van der Waals surface area contributed by atoms with Gasteiger partial charge in [0.15, 0.2) is 5.78 Å². The first-order valence-corrected chi connectivity index (χ1v) is 6.45. The summed E-state index contributed by atoms with van der Waals surface area (Å²) in [5.41, 5.74) is 1.30. The molecule has 0 saturated heterocycles. The lowest BCUT2D eigenvalue weighted by atomic mass is 9.79. The van der Waals surface area contributed by atoms with Gasteiger partial charge in [-0.05, 0) is 11.0 Å². The Labute approximate surface area is 109 Å². The lowest BCUT2D eigenvalue weighted by Gasteiger charge is -2.28. The van der Waals surface area contributed by atoms with Gasteiger partial charge in [-0.15, -0.1) is 0 Å². The normalized spacial score (nSPS) is 18.3. The maximum Gasteiger partial charge on any atom is 0.159 e. The van der Waals surface area contributed by atoms with Gasteiger partial charge in [-0.3, -0.25) is 4.79 Å². The lowest BCUT2D eigenvalue weighted by Crippen LogP contribution is -2.23. The van der Waals surface area contributed by atoms with E-state index in [1.807, 2.05) is 18.2 Å². The number of rotatable bonds is 4. The molecule has 1 aromatic carbocycles. The highest BCUT2D eigenvalue weighted by Gasteiger charge is 2.28. The molecule has 0 N–H and O–H groups in total. The van der Waals surface area contributed by atoms with Crippen molar-refractivity contribution in [1.29, 1.82) is 0 Å². The maximum atomic E-state index is 11.6. The second kappa shape index (κ2) is 5.38. The number of benzene rings is 1. The van der Waals surface area contributed by atoms with E-state index in [9.17, 15) is 4.79 Å².